The molecule has 1 aromatic heterocycles. The third kappa shape index (κ3) is 4.31. The van der Waals surface area contributed by atoms with Crippen molar-refractivity contribution < 1.29 is 0 Å². The highest BCUT2D eigenvalue weighted by atomic mass is 35.5. The van der Waals surface area contributed by atoms with E-state index in [4.69, 9.17) is 11.6 Å². The Hall–Kier alpha value is -2.08. The molecule has 1 saturated carbocycles. The molecule has 0 atom stereocenters. The van der Waals surface area contributed by atoms with E-state index in [0.717, 1.165) is 36.4 Å². The summed E-state index contributed by atoms with van der Waals surface area (Å²) < 4.78 is 2.00. The zero-order valence-electron chi connectivity index (χ0n) is 14.8. The third-order valence-corrected chi connectivity index (χ3v) is 4.88. The van der Waals surface area contributed by atoms with Crippen molar-refractivity contribution in [1.82, 2.24) is 25.4 Å². The van der Waals surface area contributed by atoms with E-state index in [-0.39, 0.29) is 5.41 Å². The van der Waals surface area contributed by atoms with Crippen molar-refractivity contribution in [3.63, 3.8) is 0 Å². The number of nitrogens with one attached hydrogen (secondary N) is 2. The van der Waals surface area contributed by atoms with E-state index in [1.165, 1.54) is 18.4 Å². The van der Waals surface area contributed by atoms with Crippen molar-refractivity contribution in [3.8, 4) is 0 Å². The SMILES string of the molecule is CCNC(=NCc1nncn1CC)NCC1(c2cccc(Cl)c2)CC1. The van der Waals surface area contributed by atoms with Gasteiger partial charge in [0, 0.05) is 30.1 Å². The Bertz CT molecular complexity index is 735. The predicted octanol–water partition coefficient (Wildman–Crippen LogP) is 2.74. The van der Waals surface area contributed by atoms with E-state index in [0.29, 0.717) is 6.54 Å². The Morgan fingerprint density at radius 3 is 2.84 bits per heavy atom. The number of halogens is 1. The van der Waals surface area contributed by atoms with Crippen LogP contribution in [0.25, 0.3) is 0 Å². The molecule has 0 spiro atoms. The maximum atomic E-state index is 6.15. The molecule has 0 unspecified atom stereocenters. The average molecular weight is 361 g/mol. The second-order valence-electron chi connectivity index (χ2n) is 6.37. The molecular formula is C18H25ClN6. The van der Waals surface area contributed by atoms with Crippen molar-refractivity contribution in [1.29, 1.82) is 0 Å². The highest BCUT2D eigenvalue weighted by Gasteiger charge is 2.44. The van der Waals surface area contributed by atoms with Crippen molar-refractivity contribution in [2.45, 2.75) is 45.2 Å². The highest BCUT2D eigenvalue weighted by Crippen LogP contribution is 2.48. The van der Waals surface area contributed by atoms with E-state index >= 15 is 0 Å². The van der Waals surface area contributed by atoms with Crippen LogP contribution < -0.4 is 10.6 Å². The molecule has 1 heterocycles. The summed E-state index contributed by atoms with van der Waals surface area (Å²) in [6.45, 7) is 7.15. The van der Waals surface area contributed by atoms with E-state index in [1.807, 2.05) is 16.7 Å². The lowest BCUT2D eigenvalue weighted by Gasteiger charge is -2.19. The van der Waals surface area contributed by atoms with Crippen LogP contribution in [0.4, 0.5) is 0 Å². The first-order chi connectivity index (χ1) is 12.2. The molecular weight excluding hydrogens is 336 g/mol. The second kappa shape index (κ2) is 7.87. The largest absolute Gasteiger partial charge is 0.357 e. The predicted molar refractivity (Wildman–Crippen MR) is 101 cm³/mol. The smallest absolute Gasteiger partial charge is 0.191 e. The van der Waals surface area contributed by atoms with E-state index in [1.54, 1.807) is 6.33 Å². The number of aryl methyl sites for hydroxylation is 1. The van der Waals surface area contributed by atoms with Gasteiger partial charge in [0.05, 0.1) is 0 Å². The van der Waals surface area contributed by atoms with Gasteiger partial charge in [-0.3, -0.25) is 0 Å². The summed E-state index contributed by atoms with van der Waals surface area (Å²) in [4.78, 5) is 4.65. The Balaban J connectivity index is 1.65. The number of guanidine groups is 1. The van der Waals surface area contributed by atoms with Crippen LogP contribution >= 0.6 is 11.6 Å². The molecule has 0 amide bonds. The van der Waals surface area contributed by atoms with Gasteiger partial charge in [0.2, 0.25) is 0 Å². The molecule has 0 aliphatic heterocycles. The minimum Gasteiger partial charge on any atom is -0.357 e. The third-order valence-electron chi connectivity index (χ3n) is 4.64. The summed E-state index contributed by atoms with van der Waals surface area (Å²) in [6.07, 6.45) is 4.08. The van der Waals surface area contributed by atoms with Crippen LogP contribution in [0, 0.1) is 0 Å². The Kier molecular flexibility index (Phi) is 5.58. The number of rotatable bonds is 7. The lowest BCUT2D eigenvalue weighted by molar-refractivity contribution is 0.642. The quantitative estimate of drug-likeness (QED) is 0.588. The maximum absolute atomic E-state index is 6.15. The van der Waals surface area contributed by atoms with Gasteiger partial charge in [-0.1, -0.05) is 23.7 Å². The van der Waals surface area contributed by atoms with Crippen LogP contribution in [0.15, 0.2) is 35.6 Å². The Labute approximate surface area is 153 Å². The lowest BCUT2D eigenvalue weighted by Crippen LogP contribution is -2.41. The highest BCUT2D eigenvalue weighted by molar-refractivity contribution is 6.30. The van der Waals surface area contributed by atoms with Crippen LogP contribution in [-0.4, -0.2) is 33.8 Å². The fourth-order valence-corrected chi connectivity index (χ4v) is 3.14. The molecule has 2 aromatic rings. The van der Waals surface area contributed by atoms with Crippen LogP contribution in [0.5, 0.6) is 0 Å². The van der Waals surface area contributed by atoms with Gasteiger partial charge in [-0.15, -0.1) is 10.2 Å². The minimum absolute atomic E-state index is 0.171. The fourth-order valence-electron chi connectivity index (χ4n) is 2.95. The van der Waals surface area contributed by atoms with Gasteiger partial charge in [-0.05, 0) is 44.4 Å². The summed E-state index contributed by atoms with van der Waals surface area (Å²) in [5, 5.41) is 15.7. The molecule has 3 rings (SSSR count). The number of aromatic nitrogens is 3. The van der Waals surface area contributed by atoms with E-state index < -0.39 is 0 Å². The molecule has 1 aliphatic rings. The molecule has 7 heteroatoms. The number of hydrogen-bond donors (Lipinski definition) is 2. The van der Waals surface area contributed by atoms with Crippen LogP contribution in [0.1, 0.15) is 38.1 Å². The summed E-state index contributed by atoms with van der Waals surface area (Å²) in [7, 11) is 0. The first-order valence-electron chi connectivity index (χ1n) is 8.82. The fraction of sp³-hybridized carbons (Fsp3) is 0.500. The number of hydrogen-bond acceptors (Lipinski definition) is 3. The van der Waals surface area contributed by atoms with E-state index in [9.17, 15) is 0 Å². The molecule has 134 valence electrons. The zero-order valence-corrected chi connectivity index (χ0v) is 15.6. The lowest BCUT2D eigenvalue weighted by atomic mass is 9.96. The molecule has 25 heavy (non-hydrogen) atoms. The van der Waals surface area contributed by atoms with Gasteiger partial charge >= 0.3 is 0 Å². The molecule has 1 aliphatic carbocycles. The van der Waals surface area contributed by atoms with Crippen LogP contribution in [0.3, 0.4) is 0 Å². The maximum Gasteiger partial charge on any atom is 0.191 e. The van der Waals surface area contributed by atoms with Crippen molar-refractivity contribution in [3.05, 3.63) is 47.0 Å². The second-order valence-corrected chi connectivity index (χ2v) is 6.81. The number of benzene rings is 1. The van der Waals surface area contributed by atoms with Crippen LogP contribution in [0.2, 0.25) is 5.02 Å². The Morgan fingerprint density at radius 2 is 2.16 bits per heavy atom. The average Bonchev–Trinajstić information content (AvgIpc) is 3.27. The summed E-state index contributed by atoms with van der Waals surface area (Å²) in [5.41, 5.74) is 1.47. The monoisotopic (exact) mass is 360 g/mol. The van der Waals surface area contributed by atoms with E-state index in [2.05, 4.69) is 51.8 Å². The summed E-state index contributed by atoms with van der Waals surface area (Å²) in [6, 6.07) is 8.18. The topological polar surface area (TPSA) is 67.1 Å². The summed E-state index contributed by atoms with van der Waals surface area (Å²) >= 11 is 6.15. The molecule has 0 bridgehead atoms. The van der Waals surface area contributed by atoms with Crippen molar-refractivity contribution in [2.75, 3.05) is 13.1 Å². The first-order valence-corrected chi connectivity index (χ1v) is 9.19. The first kappa shape index (κ1) is 17.7. The molecule has 0 radical (unpaired) electrons. The Morgan fingerprint density at radius 1 is 1.32 bits per heavy atom. The van der Waals surface area contributed by atoms with Gasteiger partial charge in [-0.25, -0.2) is 4.99 Å². The molecule has 2 N–H and O–H groups in total. The number of aliphatic imine (C=N–C) groups is 1. The molecule has 0 saturated heterocycles. The van der Waals surface area contributed by atoms with Gasteiger partial charge in [-0.2, -0.15) is 0 Å². The molecule has 1 fully saturated rings. The van der Waals surface area contributed by atoms with Crippen molar-refractivity contribution >= 4 is 17.6 Å². The zero-order chi connectivity index (χ0) is 17.7. The molecule has 1 aromatic carbocycles. The molecule has 6 nitrogen and oxygen atoms in total. The summed E-state index contributed by atoms with van der Waals surface area (Å²) in [5.74, 6) is 1.68. The standard InChI is InChI=1S/C18H25ClN6/c1-3-20-17(21-11-16-24-23-13-25(16)4-2)22-12-18(8-9-18)14-6-5-7-15(19)10-14/h5-7,10,13H,3-4,8-9,11-12H2,1-2H3,(H2,20,21,22). The minimum atomic E-state index is 0.171. The number of nitrogens with zero attached hydrogens (tertiary/aromatic N) is 4. The van der Waals surface area contributed by atoms with Gasteiger partial charge < -0.3 is 15.2 Å². The van der Waals surface area contributed by atoms with Gasteiger partial charge in [0.15, 0.2) is 11.8 Å². The van der Waals surface area contributed by atoms with Gasteiger partial charge in [0.1, 0.15) is 12.9 Å². The van der Waals surface area contributed by atoms with Gasteiger partial charge in [0.25, 0.3) is 0 Å². The van der Waals surface area contributed by atoms with Crippen LogP contribution in [-0.2, 0) is 18.5 Å². The normalized spacial score (nSPS) is 15.9. The van der Waals surface area contributed by atoms with Crippen molar-refractivity contribution in [2.24, 2.45) is 4.99 Å².